The molecule has 2 aromatic heterocycles. The zero-order chi connectivity index (χ0) is 30.6. The van der Waals surface area contributed by atoms with Crippen LogP contribution in [0.25, 0.3) is 17.0 Å². The van der Waals surface area contributed by atoms with Crippen molar-refractivity contribution >= 4 is 40.6 Å². The largest absolute Gasteiger partial charge is 0.444 e. The van der Waals surface area contributed by atoms with E-state index in [-0.39, 0.29) is 35.6 Å². The van der Waals surface area contributed by atoms with Crippen LogP contribution >= 0.6 is 0 Å². The molecule has 2 fully saturated rings. The fourth-order valence-electron chi connectivity index (χ4n) is 4.63. The first kappa shape index (κ1) is 30.3. The van der Waals surface area contributed by atoms with Crippen molar-refractivity contribution < 1.29 is 32.6 Å². The molecule has 16 heteroatoms. The monoisotopic (exact) mass is 603 g/mol. The molecule has 2 amide bonds. The van der Waals surface area contributed by atoms with Gasteiger partial charge in [-0.3, -0.25) is 9.36 Å². The summed E-state index contributed by atoms with van der Waals surface area (Å²) in [7, 11) is 0. The van der Waals surface area contributed by atoms with Gasteiger partial charge in [0.05, 0.1) is 37.6 Å². The highest BCUT2D eigenvalue weighted by molar-refractivity contribution is 6.00. The zero-order valence-corrected chi connectivity index (χ0v) is 24.3. The Labute approximate surface area is 246 Å². The minimum atomic E-state index is -2.97. The van der Waals surface area contributed by atoms with Crippen LogP contribution in [0, 0.1) is 0 Å². The zero-order valence-electron chi connectivity index (χ0n) is 24.3. The number of fused-ring (bicyclic) bond motifs is 1. The van der Waals surface area contributed by atoms with E-state index in [1.807, 2.05) is 9.80 Å². The van der Waals surface area contributed by atoms with Gasteiger partial charge in [0.1, 0.15) is 11.1 Å². The topological polar surface area (TPSA) is 149 Å². The van der Waals surface area contributed by atoms with Crippen LogP contribution in [0.15, 0.2) is 18.2 Å². The number of imidazole rings is 1. The number of morpholine rings is 2. The molecule has 0 atom stereocenters. The van der Waals surface area contributed by atoms with E-state index in [9.17, 15) is 18.4 Å². The van der Waals surface area contributed by atoms with Crippen LogP contribution in [0.4, 0.5) is 31.2 Å². The van der Waals surface area contributed by atoms with E-state index in [1.165, 1.54) is 4.57 Å². The number of nitrogens with zero attached hydrogens (tertiary/aromatic N) is 7. The predicted octanol–water partition coefficient (Wildman–Crippen LogP) is 2.67. The molecule has 5 rings (SSSR count). The number of hydrogen-bond acceptors (Lipinski definition) is 11. The van der Waals surface area contributed by atoms with Gasteiger partial charge in [0.2, 0.25) is 23.8 Å². The van der Waals surface area contributed by atoms with Crippen molar-refractivity contribution in [3.63, 3.8) is 0 Å². The van der Waals surface area contributed by atoms with Crippen molar-refractivity contribution in [3.05, 3.63) is 24.0 Å². The predicted molar refractivity (Wildman–Crippen MR) is 153 cm³/mol. The molecule has 3 aromatic rings. The number of carbonyl (C=O) groups excluding carboxylic acids is 2. The van der Waals surface area contributed by atoms with Gasteiger partial charge in [-0.2, -0.15) is 15.0 Å². The van der Waals surface area contributed by atoms with Gasteiger partial charge in [0.25, 0.3) is 6.43 Å². The second-order valence-electron chi connectivity index (χ2n) is 10.9. The number of para-hydroxylation sites is 1. The van der Waals surface area contributed by atoms with Crippen molar-refractivity contribution in [3.8, 4) is 5.95 Å². The van der Waals surface area contributed by atoms with Crippen molar-refractivity contribution in [1.29, 1.82) is 0 Å². The number of aromatic nitrogens is 5. The third-order valence-corrected chi connectivity index (χ3v) is 6.59. The van der Waals surface area contributed by atoms with Crippen molar-refractivity contribution in [2.75, 3.05) is 74.3 Å². The summed E-state index contributed by atoms with van der Waals surface area (Å²) in [4.78, 5) is 46.5. The summed E-state index contributed by atoms with van der Waals surface area (Å²) in [5.41, 5.74) is -0.0101. The van der Waals surface area contributed by atoms with Crippen molar-refractivity contribution in [2.45, 2.75) is 39.2 Å². The summed E-state index contributed by atoms with van der Waals surface area (Å²) in [5, 5.41) is 5.24. The van der Waals surface area contributed by atoms with Gasteiger partial charge < -0.3 is 34.6 Å². The normalized spacial score (nSPS) is 16.0. The maximum absolute atomic E-state index is 14.5. The first-order valence-electron chi connectivity index (χ1n) is 14.1. The van der Waals surface area contributed by atoms with Gasteiger partial charge in [0.15, 0.2) is 5.82 Å². The number of alkyl carbamates (subject to hydrolysis) is 1. The third-order valence-electron chi connectivity index (χ3n) is 6.59. The summed E-state index contributed by atoms with van der Waals surface area (Å²) >= 11 is 0. The summed E-state index contributed by atoms with van der Waals surface area (Å²) in [5.74, 6) is -0.338. The summed E-state index contributed by atoms with van der Waals surface area (Å²) in [6.07, 6.45) is -3.69. The number of nitrogens with one attached hydrogen (secondary N) is 2. The van der Waals surface area contributed by atoms with Crippen LogP contribution in [-0.4, -0.2) is 101 Å². The third kappa shape index (κ3) is 7.43. The summed E-state index contributed by atoms with van der Waals surface area (Å²) in [6.45, 7) is 9.32. The maximum atomic E-state index is 14.5. The lowest BCUT2D eigenvalue weighted by Crippen LogP contribution is -2.40. The molecule has 2 saturated heterocycles. The van der Waals surface area contributed by atoms with Gasteiger partial charge in [-0.05, 0) is 32.9 Å². The standard InChI is InChI=1S/C27H35F2N9O5/c1-27(2,3)43-26(40)30-8-7-19(39)31-17-5-4-6-18-20(17)32-22(21(28)29)38(18)25-34-23(36-9-13-41-14-10-36)33-24(35-25)37-11-15-42-16-12-37/h4-6,21H,7-16H2,1-3H3,(H,30,40)(H,31,39). The van der Waals surface area contributed by atoms with Crippen LogP contribution in [0.5, 0.6) is 0 Å². The molecule has 0 aliphatic carbocycles. The van der Waals surface area contributed by atoms with E-state index in [1.54, 1.807) is 39.0 Å². The number of ether oxygens (including phenoxy) is 3. The lowest BCUT2D eigenvalue weighted by molar-refractivity contribution is -0.116. The number of amides is 2. The minimum Gasteiger partial charge on any atom is -0.444 e. The lowest BCUT2D eigenvalue weighted by atomic mass is 10.2. The van der Waals surface area contributed by atoms with Gasteiger partial charge >= 0.3 is 6.09 Å². The number of halogens is 2. The molecule has 43 heavy (non-hydrogen) atoms. The van der Waals surface area contributed by atoms with E-state index in [2.05, 4.69) is 30.6 Å². The first-order chi connectivity index (χ1) is 20.6. The minimum absolute atomic E-state index is 0.0131. The van der Waals surface area contributed by atoms with E-state index in [0.29, 0.717) is 64.5 Å². The average Bonchev–Trinajstić information content (AvgIpc) is 3.38. The Hall–Kier alpha value is -4.18. The summed E-state index contributed by atoms with van der Waals surface area (Å²) in [6, 6.07) is 4.80. The Balaban J connectivity index is 1.46. The highest BCUT2D eigenvalue weighted by Gasteiger charge is 2.27. The first-order valence-corrected chi connectivity index (χ1v) is 14.1. The van der Waals surface area contributed by atoms with E-state index in [4.69, 9.17) is 14.2 Å². The summed E-state index contributed by atoms with van der Waals surface area (Å²) < 4.78 is 46.2. The molecule has 2 aliphatic rings. The molecule has 2 N–H and O–H groups in total. The van der Waals surface area contributed by atoms with Gasteiger partial charge in [-0.25, -0.2) is 18.6 Å². The van der Waals surface area contributed by atoms with Crippen molar-refractivity contribution in [1.82, 2.24) is 29.8 Å². The number of benzene rings is 1. The van der Waals surface area contributed by atoms with Gasteiger partial charge in [0, 0.05) is 39.1 Å². The molecule has 0 bridgehead atoms. The van der Waals surface area contributed by atoms with Crippen molar-refractivity contribution in [2.24, 2.45) is 0 Å². The van der Waals surface area contributed by atoms with E-state index < -0.39 is 29.9 Å². The highest BCUT2D eigenvalue weighted by Crippen LogP contribution is 2.32. The Morgan fingerprint density at radius 2 is 1.51 bits per heavy atom. The van der Waals surface area contributed by atoms with Gasteiger partial charge in [-0.15, -0.1) is 0 Å². The molecule has 0 radical (unpaired) electrons. The fraction of sp³-hybridized carbons (Fsp3) is 0.556. The Morgan fingerprint density at radius 3 is 2.07 bits per heavy atom. The van der Waals surface area contributed by atoms with E-state index >= 15 is 0 Å². The quantitative estimate of drug-likeness (QED) is 0.391. The van der Waals surface area contributed by atoms with Crippen LogP contribution < -0.4 is 20.4 Å². The molecule has 14 nitrogen and oxygen atoms in total. The number of alkyl halides is 2. The number of rotatable bonds is 8. The van der Waals surface area contributed by atoms with E-state index in [0.717, 1.165) is 0 Å². The number of anilines is 3. The van der Waals surface area contributed by atoms with Crippen LogP contribution in [0.3, 0.4) is 0 Å². The molecule has 0 unspecified atom stereocenters. The Morgan fingerprint density at radius 1 is 0.930 bits per heavy atom. The molecular formula is C27H35F2N9O5. The fourth-order valence-corrected chi connectivity index (χ4v) is 4.63. The molecule has 1 aromatic carbocycles. The maximum Gasteiger partial charge on any atom is 0.407 e. The smallest absolute Gasteiger partial charge is 0.407 e. The number of carbonyl (C=O) groups is 2. The number of hydrogen-bond donors (Lipinski definition) is 2. The lowest BCUT2D eigenvalue weighted by Gasteiger charge is -2.30. The second kappa shape index (κ2) is 13.0. The Kier molecular flexibility index (Phi) is 9.15. The average molecular weight is 604 g/mol. The molecular weight excluding hydrogens is 568 g/mol. The van der Waals surface area contributed by atoms with Crippen LogP contribution in [-0.2, 0) is 19.0 Å². The molecule has 4 heterocycles. The molecule has 232 valence electrons. The molecule has 0 spiro atoms. The molecule has 0 saturated carbocycles. The second-order valence-corrected chi connectivity index (χ2v) is 10.9. The SMILES string of the molecule is CC(C)(C)OC(=O)NCCC(=O)Nc1cccc2c1nc(C(F)F)n2-c1nc(N2CCOCC2)nc(N2CCOCC2)n1. The Bertz CT molecular complexity index is 1410. The highest BCUT2D eigenvalue weighted by atomic mass is 19.3. The molecule has 2 aliphatic heterocycles. The van der Waals surface area contributed by atoms with Crippen LogP contribution in [0.2, 0.25) is 0 Å². The van der Waals surface area contributed by atoms with Gasteiger partial charge in [-0.1, -0.05) is 6.07 Å². The van der Waals surface area contributed by atoms with Crippen LogP contribution in [0.1, 0.15) is 39.4 Å².